The summed E-state index contributed by atoms with van der Waals surface area (Å²) in [4.78, 5) is 11.1. The summed E-state index contributed by atoms with van der Waals surface area (Å²) in [6.07, 6.45) is 3.47. The van der Waals surface area contributed by atoms with Crippen molar-refractivity contribution in [2.75, 3.05) is 11.1 Å². The molecule has 1 fully saturated rings. The minimum atomic E-state index is -0.938. The van der Waals surface area contributed by atoms with Gasteiger partial charge in [-0.25, -0.2) is 4.79 Å². The molecule has 0 bridgehead atoms. The maximum Gasteiger partial charge on any atom is 0.337 e. The van der Waals surface area contributed by atoms with Crippen molar-refractivity contribution in [2.24, 2.45) is 5.92 Å². The normalized spacial score (nSPS) is 22.2. The fourth-order valence-corrected chi connectivity index (χ4v) is 2.21. The monoisotopic (exact) mass is 234 g/mol. The molecule has 0 amide bonds. The van der Waals surface area contributed by atoms with E-state index >= 15 is 0 Å². The Morgan fingerprint density at radius 1 is 1.59 bits per heavy atom. The molecule has 2 rings (SSSR count). The highest BCUT2D eigenvalue weighted by molar-refractivity contribution is 5.97. The van der Waals surface area contributed by atoms with Crippen molar-refractivity contribution >= 4 is 17.3 Å². The van der Waals surface area contributed by atoms with Gasteiger partial charge in [-0.1, -0.05) is 19.4 Å². The molecule has 4 N–H and O–H groups in total. The molecule has 4 nitrogen and oxygen atoms in total. The molecule has 1 aromatic rings. The first-order chi connectivity index (χ1) is 8.13. The lowest BCUT2D eigenvalue weighted by molar-refractivity contribution is 0.0698. The summed E-state index contributed by atoms with van der Waals surface area (Å²) in [5.74, 6) is -0.270. The predicted octanol–water partition coefficient (Wildman–Crippen LogP) is 2.57. The van der Waals surface area contributed by atoms with Gasteiger partial charge in [-0.2, -0.15) is 0 Å². The Bertz CT molecular complexity index is 431. The van der Waals surface area contributed by atoms with Crippen molar-refractivity contribution in [1.82, 2.24) is 0 Å². The molecule has 0 heterocycles. The van der Waals surface area contributed by atoms with Crippen LogP contribution in [0.5, 0.6) is 0 Å². The molecule has 0 saturated heterocycles. The fraction of sp³-hybridized carbons (Fsp3) is 0.462. The number of carbonyl (C=O) groups is 1. The molecule has 1 aliphatic rings. The van der Waals surface area contributed by atoms with Gasteiger partial charge in [0.15, 0.2) is 0 Å². The first kappa shape index (κ1) is 11.8. The standard InChI is InChI=1S/C13H18N2O2/c1-2-4-8-7-11(8)15-12-9(13(16)17)5-3-6-10(12)14/h3,5-6,8,11,15H,2,4,7,14H2,1H3,(H,16,17). The molecular weight excluding hydrogens is 216 g/mol. The highest BCUT2D eigenvalue weighted by atomic mass is 16.4. The first-order valence-electron chi connectivity index (χ1n) is 6.01. The molecule has 1 saturated carbocycles. The SMILES string of the molecule is CCCC1CC1Nc1c(N)cccc1C(=O)O. The van der Waals surface area contributed by atoms with Crippen LogP contribution in [0, 0.1) is 5.92 Å². The molecule has 0 radical (unpaired) electrons. The van der Waals surface area contributed by atoms with E-state index < -0.39 is 5.97 Å². The molecule has 4 heteroatoms. The summed E-state index contributed by atoms with van der Waals surface area (Å²) in [5, 5.41) is 12.4. The molecule has 2 unspecified atom stereocenters. The number of rotatable bonds is 5. The lowest BCUT2D eigenvalue weighted by Crippen LogP contribution is -2.12. The zero-order chi connectivity index (χ0) is 12.4. The number of nitrogens with two attached hydrogens (primary N) is 1. The predicted molar refractivity (Wildman–Crippen MR) is 68.2 cm³/mol. The number of aromatic carboxylic acids is 1. The van der Waals surface area contributed by atoms with Crippen LogP contribution in [0.3, 0.4) is 0 Å². The number of anilines is 2. The topological polar surface area (TPSA) is 75.3 Å². The number of nitrogen functional groups attached to an aromatic ring is 1. The van der Waals surface area contributed by atoms with E-state index in [-0.39, 0.29) is 5.56 Å². The molecule has 1 aliphatic carbocycles. The van der Waals surface area contributed by atoms with Crippen molar-refractivity contribution in [3.8, 4) is 0 Å². The number of carboxylic acids is 1. The summed E-state index contributed by atoms with van der Waals surface area (Å²) < 4.78 is 0. The van der Waals surface area contributed by atoms with E-state index in [0.29, 0.717) is 23.3 Å². The third-order valence-electron chi connectivity index (χ3n) is 3.24. The maximum atomic E-state index is 11.1. The van der Waals surface area contributed by atoms with Crippen LogP contribution in [0.15, 0.2) is 18.2 Å². The molecule has 17 heavy (non-hydrogen) atoms. The largest absolute Gasteiger partial charge is 0.478 e. The third-order valence-corrected chi connectivity index (χ3v) is 3.24. The lowest BCUT2D eigenvalue weighted by Gasteiger charge is -2.12. The fourth-order valence-electron chi connectivity index (χ4n) is 2.21. The number of hydrogen-bond donors (Lipinski definition) is 3. The van der Waals surface area contributed by atoms with Gasteiger partial charge in [0.2, 0.25) is 0 Å². The van der Waals surface area contributed by atoms with E-state index in [4.69, 9.17) is 10.8 Å². The van der Waals surface area contributed by atoms with Gasteiger partial charge in [-0.3, -0.25) is 0 Å². The zero-order valence-electron chi connectivity index (χ0n) is 9.94. The van der Waals surface area contributed by atoms with Crippen LogP contribution in [0.2, 0.25) is 0 Å². The van der Waals surface area contributed by atoms with Crippen molar-refractivity contribution in [2.45, 2.75) is 32.2 Å². The van der Waals surface area contributed by atoms with Crippen LogP contribution in [0.25, 0.3) is 0 Å². The Morgan fingerprint density at radius 2 is 2.35 bits per heavy atom. The third kappa shape index (κ3) is 2.52. The zero-order valence-corrected chi connectivity index (χ0v) is 9.94. The average molecular weight is 234 g/mol. The molecule has 2 atom stereocenters. The Kier molecular flexibility index (Phi) is 3.22. The minimum absolute atomic E-state index is 0.257. The second-order valence-electron chi connectivity index (χ2n) is 4.61. The average Bonchev–Trinajstić information content (AvgIpc) is 3.00. The molecule has 0 spiro atoms. The van der Waals surface area contributed by atoms with Crippen molar-refractivity contribution < 1.29 is 9.90 Å². The van der Waals surface area contributed by atoms with E-state index in [9.17, 15) is 4.79 Å². The van der Waals surface area contributed by atoms with Gasteiger partial charge in [0.05, 0.1) is 16.9 Å². The molecular formula is C13H18N2O2. The molecule has 1 aromatic carbocycles. The summed E-state index contributed by atoms with van der Waals surface area (Å²) in [7, 11) is 0. The lowest BCUT2D eigenvalue weighted by atomic mass is 10.1. The van der Waals surface area contributed by atoms with Gasteiger partial charge in [-0.15, -0.1) is 0 Å². The first-order valence-corrected chi connectivity index (χ1v) is 6.01. The second-order valence-corrected chi connectivity index (χ2v) is 4.61. The maximum absolute atomic E-state index is 11.1. The minimum Gasteiger partial charge on any atom is -0.478 e. The summed E-state index contributed by atoms with van der Waals surface area (Å²) >= 11 is 0. The van der Waals surface area contributed by atoms with Gasteiger partial charge in [0.1, 0.15) is 0 Å². The number of nitrogens with one attached hydrogen (secondary N) is 1. The van der Waals surface area contributed by atoms with E-state index in [1.165, 1.54) is 12.8 Å². The van der Waals surface area contributed by atoms with Crippen LogP contribution < -0.4 is 11.1 Å². The number of hydrogen-bond acceptors (Lipinski definition) is 3. The van der Waals surface area contributed by atoms with Crippen LogP contribution in [-0.2, 0) is 0 Å². The highest BCUT2D eigenvalue weighted by Crippen LogP contribution is 2.39. The van der Waals surface area contributed by atoms with Crippen LogP contribution in [0.4, 0.5) is 11.4 Å². The quantitative estimate of drug-likeness (QED) is 0.684. The van der Waals surface area contributed by atoms with Crippen LogP contribution >= 0.6 is 0 Å². The van der Waals surface area contributed by atoms with Gasteiger partial charge in [0, 0.05) is 6.04 Å². The van der Waals surface area contributed by atoms with E-state index in [0.717, 1.165) is 6.42 Å². The smallest absolute Gasteiger partial charge is 0.337 e. The number of carboxylic acid groups (broad SMARTS) is 1. The van der Waals surface area contributed by atoms with Crippen molar-refractivity contribution in [3.05, 3.63) is 23.8 Å². The Hall–Kier alpha value is -1.71. The number of para-hydroxylation sites is 1. The Balaban J connectivity index is 2.13. The van der Waals surface area contributed by atoms with Gasteiger partial charge >= 0.3 is 5.97 Å². The highest BCUT2D eigenvalue weighted by Gasteiger charge is 2.36. The summed E-state index contributed by atoms with van der Waals surface area (Å²) in [6.45, 7) is 2.16. The van der Waals surface area contributed by atoms with Gasteiger partial charge in [0.25, 0.3) is 0 Å². The molecule has 0 aliphatic heterocycles. The molecule has 92 valence electrons. The van der Waals surface area contributed by atoms with Crippen molar-refractivity contribution in [3.63, 3.8) is 0 Å². The van der Waals surface area contributed by atoms with Gasteiger partial charge < -0.3 is 16.2 Å². The summed E-state index contributed by atoms with van der Waals surface area (Å²) in [5.41, 5.74) is 7.16. The van der Waals surface area contributed by atoms with Crippen LogP contribution in [0.1, 0.15) is 36.5 Å². The van der Waals surface area contributed by atoms with Gasteiger partial charge in [-0.05, 0) is 30.9 Å². The van der Waals surface area contributed by atoms with E-state index in [1.807, 2.05) is 0 Å². The van der Waals surface area contributed by atoms with E-state index in [2.05, 4.69) is 12.2 Å². The van der Waals surface area contributed by atoms with Crippen LogP contribution in [-0.4, -0.2) is 17.1 Å². The molecule has 0 aromatic heterocycles. The van der Waals surface area contributed by atoms with Crippen molar-refractivity contribution in [1.29, 1.82) is 0 Å². The summed E-state index contributed by atoms with van der Waals surface area (Å²) in [6, 6.07) is 5.36. The number of benzene rings is 1. The second kappa shape index (κ2) is 4.65. The van der Waals surface area contributed by atoms with E-state index in [1.54, 1.807) is 18.2 Å². The Labute approximate surface area is 101 Å². The Morgan fingerprint density at radius 3 is 3.00 bits per heavy atom.